The fraction of sp³-hybridized carbons (Fsp3) is 0.455. The van der Waals surface area contributed by atoms with Crippen LogP contribution in [0.1, 0.15) is 20.8 Å². The van der Waals surface area contributed by atoms with Crippen LogP contribution in [-0.4, -0.2) is 6.61 Å². The highest BCUT2D eigenvalue weighted by atomic mass is 16.5. The minimum Gasteiger partial charge on any atom is -0.493 e. The van der Waals surface area contributed by atoms with Gasteiger partial charge in [0.05, 0.1) is 6.61 Å². The van der Waals surface area contributed by atoms with E-state index < -0.39 is 0 Å². The van der Waals surface area contributed by atoms with E-state index in [0.29, 0.717) is 12.5 Å². The van der Waals surface area contributed by atoms with Gasteiger partial charge >= 0.3 is 0 Å². The smallest absolute Gasteiger partial charge is 0.118 e. The summed E-state index contributed by atoms with van der Waals surface area (Å²) in [6.07, 6.45) is 5.31. The molecule has 0 aliphatic carbocycles. The fourth-order valence-corrected chi connectivity index (χ4v) is 0.652. The van der Waals surface area contributed by atoms with Crippen molar-refractivity contribution in [3.63, 3.8) is 0 Å². The van der Waals surface area contributed by atoms with Crippen LogP contribution in [0.15, 0.2) is 36.3 Å². The van der Waals surface area contributed by atoms with Crippen LogP contribution >= 0.6 is 0 Å². The molecule has 2 heteroatoms. The Bertz CT molecular complexity index is 210. The van der Waals surface area contributed by atoms with Crippen molar-refractivity contribution in [2.45, 2.75) is 20.8 Å². The molecule has 0 amide bonds. The van der Waals surface area contributed by atoms with Crippen molar-refractivity contribution in [1.82, 2.24) is 0 Å². The number of ether oxygens (including phenoxy) is 1. The topological polar surface area (TPSA) is 35.2 Å². The van der Waals surface area contributed by atoms with Crippen LogP contribution in [0.3, 0.4) is 0 Å². The second-order valence-electron chi connectivity index (χ2n) is 3.39. The minimum absolute atomic E-state index is 0.520. The molecular formula is C11H19NO. The van der Waals surface area contributed by atoms with Gasteiger partial charge in [0.25, 0.3) is 0 Å². The van der Waals surface area contributed by atoms with Gasteiger partial charge in [-0.1, -0.05) is 20.4 Å². The van der Waals surface area contributed by atoms with Crippen molar-refractivity contribution in [3.8, 4) is 0 Å². The molecular weight excluding hydrogens is 162 g/mol. The Kier molecular flexibility index (Phi) is 5.77. The second-order valence-corrected chi connectivity index (χ2v) is 3.39. The zero-order valence-electron chi connectivity index (χ0n) is 8.71. The van der Waals surface area contributed by atoms with Gasteiger partial charge in [-0.2, -0.15) is 0 Å². The SMILES string of the molecule is C=C/C(=C\C=C(/C)N)OCC(C)C. The molecule has 0 atom stereocenters. The summed E-state index contributed by atoms with van der Waals surface area (Å²) in [4.78, 5) is 0. The second kappa shape index (κ2) is 6.35. The predicted octanol–water partition coefficient (Wildman–Crippen LogP) is 2.59. The lowest BCUT2D eigenvalue weighted by Gasteiger charge is -2.08. The van der Waals surface area contributed by atoms with Gasteiger partial charge in [0.1, 0.15) is 5.76 Å². The molecule has 0 spiro atoms. The average Bonchev–Trinajstić information content (AvgIpc) is 2.04. The third-order valence-electron chi connectivity index (χ3n) is 1.30. The molecule has 0 aromatic rings. The van der Waals surface area contributed by atoms with Gasteiger partial charge in [-0.05, 0) is 31.1 Å². The number of hydrogen-bond acceptors (Lipinski definition) is 2. The lowest BCUT2D eigenvalue weighted by Crippen LogP contribution is -2.00. The Hall–Kier alpha value is -1.18. The quantitative estimate of drug-likeness (QED) is 0.522. The molecule has 2 nitrogen and oxygen atoms in total. The van der Waals surface area contributed by atoms with Crippen molar-refractivity contribution in [2.24, 2.45) is 11.7 Å². The van der Waals surface area contributed by atoms with Crippen LogP contribution in [0.5, 0.6) is 0 Å². The lowest BCUT2D eigenvalue weighted by molar-refractivity contribution is 0.190. The van der Waals surface area contributed by atoms with E-state index in [2.05, 4.69) is 20.4 Å². The molecule has 0 aliphatic rings. The van der Waals surface area contributed by atoms with E-state index in [4.69, 9.17) is 10.5 Å². The number of nitrogens with two attached hydrogens (primary N) is 1. The first-order valence-electron chi connectivity index (χ1n) is 4.45. The highest BCUT2D eigenvalue weighted by Crippen LogP contribution is 2.03. The molecule has 0 rings (SSSR count). The van der Waals surface area contributed by atoms with Gasteiger partial charge in [-0.25, -0.2) is 0 Å². The molecule has 0 aromatic carbocycles. The summed E-state index contributed by atoms with van der Waals surface area (Å²) in [6.45, 7) is 10.4. The Morgan fingerprint density at radius 1 is 1.46 bits per heavy atom. The van der Waals surface area contributed by atoms with Crippen LogP contribution in [0.25, 0.3) is 0 Å². The molecule has 0 bridgehead atoms. The number of allylic oxidation sites excluding steroid dienone is 4. The van der Waals surface area contributed by atoms with E-state index in [0.717, 1.165) is 11.5 Å². The highest BCUT2D eigenvalue weighted by molar-refractivity contribution is 5.18. The van der Waals surface area contributed by atoms with E-state index in [1.807, 2.05) is 13.0 Å². The van der Waals surface area contributed by atoms with Crippen LogP contribution in [0, 0.1) is 5.92 Å². The third kappa shape index (κ3) is 7.19. The first kappa shape index (κ1) is 11.8. The molecule has 13 heavy (non-hydrogen) atoms. The summed E-state index contributed by atoms with van der Waals surface area (Å²) >= 11 is 0. The first-order valence-corrected chi connectivity index (χ1v) is 4.45. The average molecular weight is 181 g/mol. The van der Waals surface area contributed by atoms with Gasteiger partial charge in [0.2, 0.25) is 0 Å². The Labute approximate surface area is 80.8 Å². The van der Waals surface area contributed by atoms with E-state index in [-0.39, 0.29) is 0 Å². The summed E-state index contributed by atoms with van der Waals surface area (Å²) in [5, 5.41) is 0. The summed E-state index contributed by atoms with van der Waals surface area (Å²) in [5.74, 6) is 1.28. The molecule has 0 aromatic heterocycles. The van der Waals surface area contributed by atoms with Gasteiger partial charge in [0.15, 0.2) is 0 Å². The maximum Gasteiger partial charge on any atom is 0.118 e. The molecule has 0 aliphatic heterocycles. The molecule has 2 N–H and O–H groups in total. The molecule has 0 fully saturated rings. The largest absolute Gasteiger partial charge is 0.493 e. The zero-order chi connectivity index (χ0) is 10.3. The van der Waals surface area contributed by atoms with Crippen molar-refractivity contribution < 1.29 is 4.74 Å². The van der Waals surface area contributed by atoms with Gasteiger partial charge in [-0.15, -0.1) is 0 Å². The fourth-order valence-electron chi connectivity index (χ4n) is 0.652. The van der Waals surface area contributed by atoms with Crippen LogP contribution in [-0.2, 0) is 4.74 Å². The van der Waals surface area contributed by atoms with Crippen molar-refractivity contribution in [3.05, 3.63) is 36.3 Å². The maximum atomic E-state index is 5.48. The van der Waals surface area contributed by atoms with E-state index in [9.17, 15) is 0 Å². The molecule has 0 saturated heterocycles. The Morgan fingerprint density at radius 2 is 2.08 bits per heavy atom. The van der Waals surface area contributed by atoms with Crippen molar-refractivity contribution >= 4 is 0 Å². The molecule has 0 unspecified atom stereocenters. The van der Waals surface area contributed by atoms with Crippen molar-refractivity contribution in [2.75, 3.05) is 6.61 Å². The van der Waals surface area contributed by atoms with E-state index in [1.165, 1.54) is 0 Å². The lowest BCUT2D eigenvalue weighted by atomic mass is 10.2. The van der Waals surface area contributed by atoms with Gasteiger partial charge in [0, 0.05) is 5.70 Å². The first-order chi connectivity index (χ1) is 6.06. The zero-order valence-corrected chi connectivity index (χ0v) is 8.71. The molecule has 74 valence electrons. The van der Waals surface area contributed by atoms with Crippen LogP contribution in [0.4, 0.5) is 0 Å². The third-order valence-corrected chi connectivity index (χ3v) is 1.30. The molecule has 0 heterocycles. The van der Waals surface area contributed by atoms with E-state index in [1.54, 1.807) is 12.2 Å². The highest BCUT2D eigenvalue weighted by Gasteiger charge is 1.95. The number of rotatable bonds is 5. The van der Waals surface area contributed by atoms with E-state index >= 15 is 0 Å². The Morgan fingerprint density at radius 3 is 2.46 bits per heavy atom. The molecule has 0 radical (unpaired) electrons. The van der Waals surface area contributed by atoms with Gasteiger partial charge < -0.3 is 10.5 Å². The predicted molar refractivity (Wildman–Crippen MR) is 57.0 cm³/mol. The maximum absolute atomic E-state index is 5.48. The van der Waals surface area contributed by atoms with Crippen LogP contribution < -0.4 is 5.73 Å². The summed E-state index contributed by atoms with van der Waals surface area (Å²) in [6, 6.07) is 0. The standard InChI is InChI=1S/C11H19NO/c1-5-11(7-6-10(4)12)13-8-9(2)3/h5-7,9H,1,8,12H2,2-4H3/b10-6+,11-7+. The summed E-state index contributed by atoms with van der Waals surface area (Å²) in [5.41, 5.74) is 6.23. The summed E-state index contributed by atoms with van der Waals surface area (Å²) in [7, 11) is 0. The van der Waals surface area contributed by atoms with Crippen molar-refractivity contribution in [1.29, 1.82) is 0 Å². The van der Waals surface area contributed by atoms with Crippen LogP contribution in [0.2, 0.25) is 0 Å². The number of hydrogen-bond donors (Lipinski definition) is 1. The minimum atomic E-state index is 0.520. The van der Waals surface area contributed by atoms with Gasteiger partial charge in [-0.3, -0.25) is 0 Å². The normalized spacial score (nSPS) is 13.2. The molecule has 0 saturated carbocycles. The Balaban J connectivity index is 4.10. The monoisotopic (exact) mass is 181 g/mol. The summed E-state index contributed by atoms with van der Waals surface area (Å²) < 4.78 is 5.45.